The number of aryl methyl sites for hydroxylation is 1. The molecule has 19 heavy (non-hydrogen) atoms. The number of imidazole rings is 1. The maximum absolute atomic E-state index is 11.3. The molecule has 3 rings (SSSR count). The Hall–Kier alpha value is -2.63. The second-order valence-electron chi connectivity index (χ2n) is 4.21. The molecule has 0 radical (unpaired) electrons. The monoisotopic (exact) mass is 257 g/mol. The van der Waals surface area contributed by atoms with Crippen LogP contribution in [0.15, 0.2) is 35.1 Å². The van der Waals surface area contributed by atoms with Gasteiger partial charge in [0.15, 0.2) is 0 Å². The number of aromatic nitrogens is 3. The molecule has 0 saturated carbocycles. The molecule has 0 aliphatic rings. The van der Waals surface area contributed by atoms with Crippen molar-refractivity contribution in [3.05, 3.63) is 47.6 Å². The van der Waals surface area contributed by atoms with Crippen molar-refractivity contribution in [1.29, 1.82) is 0 Å². The maximum Gasteiger partial charge on any atom is 0.337 e. The van der Waals surface area contributed by atoms with Gasteiger partial charge in [0.05, 0.1) is 23.1 Å². The number of nitrogens with zero attached hydrogens (tertiary/aromatic N) is 3. The van der Waals surface area contributed by atoms with Gasteiger partial charge in [-0.2, -0.15) is 0 Å². The summed E-state index contributed by atoms with van der Waals surface area (Å²) in [6.45, 7) is 2.27. The van der Waals surface area contributed by atoms with E-state index in [1.54, 1.807) is 24.3 Å². The van der Waals surface area contributed by atoms with Crippen molar-refractivity contribution < 1.29 is 14.4 Å². The molecule has 0 bridgehead atoms. The first-order chi connectivity index (χ1) is 9.16. The highest BCUT2D eigenvalue weighted by molar-refractivity contribution is 6.01. The second-order valence-corrected chi connectivity index (χ2v) is 4.21. The summed E-state index contributed by atoms with van der Waals surface area (Å²) in [5.74, 6) is -0.224. The Morgan fingerprint density at radius 3 is 2.95 bits per heavy atom. The van der Waals surface area contributed by atoms with E-state index >= 15 is 0 Å². The van der Waals surface area contributed by atoms with E-state index in [4.69, 9.17) is 4.52 Å². The lowest BCUT2D eigenvalue weighted by Gasteiger charge is -2.06. The highest BCUT2D eigenvalue weighted by Gasteiger charge is 2.16. The van der Waals surface area contributed by atoms with Crippen LogP contribution in [0.1, 0.15) is 21.9 Å². The topological polar surface area (TPSA) is 81.1 Å². The molecule has 1 aromatic carbocycles. The highest BCUT2D eigenvalue weighted by Crippen LogP contribution is 2.21. The lowest BCUT2D eigenvalue weighted by Crippen LogP contribution is -2.06. The van der Waals surface area contributed by atoms with Gasteiger partial charge in [-0.15, -0.1) is 0 Å². The number of para-hydroxylation sites is 1. The number of hydrogen-bond donors (Lipinski definition) is 1. The van der Waals surface area contributed by atoms with Crippen LogP contribution in [0, 0.1) is 6.92 Å². The summed E-state index contributed by atoms with van der Waals surface area (Å²) in [6, 6.07) is 6.81. The molecule has 2 heterocycles. The Balaban J connectivity index is 2.22. The number of benzene rings is 1. The maximum atomic E-state index is 11.3. The molecule has 0 spiro atoms. The fraction of sp³-hybridized carbons (Fsp3) is 0.154. The minimum absolute atomic E-state index is 0.238. The Kier molecular flexibility index (Phi) is 2.56. The average molecular weight is 257 g/mol. The molecule has 1 N–H and O–H groups in total. The van der Waals surface area contributed by atoms with Crippen LogP contribution >= 0.6 is 0 Å². The Bertz CT molecular complexity index is 744. The number of fused-ring (bicyclic) bond motifs is 1. The fourth-order valence-corrected chi connectivity index (χ4v) is 2.15. The normalized spacial score (nSPS) is 11.0. The molecule has 0 fully saturated rings. The summed E-state index contributed by atoms with van der Waals surface area (Å²) in [7, 11) is 0. The van der Waals surface area contributed by atoms with Crippen LogP contribution in [-0.2, 0) is 6.54 Å². The van der Waals surface area contributed by atoms with Crippen LogP contribution in [0.4, 0.5) is 0 Å². The second kappa shape index (κ2) is 4.24. The van der Waals surface area contributed by atoms with Gasteiger partial charge < -0.3 is 14.2 Å². The van der Waals surface area contributed by atoms with Crippen molar-refractivity contribution in [3.63, 3.8) is 0 Å². The van der Waals surface area contributed by atoms with Crippen LogP contribution in [0.3, 0.4) is 0 Å². The van der Waals surface area contributed by atoms with Crippen LogP contribution < -0.4 is 0 Å². The molecular weight excluding hydrogens is 246 g/mol. The first kappa shape index (κ1) is 11.5. The van der Waals surface area contributed by atoms with Gasteiger partial charge in [0.25, 0.3) is 0 Å². The van der Waals surface area contributed by atoms with E-state index in [0.717, 1.165) is 11.5 Å². The van der Waals surface area contributed by atoms with Crippen LogP contribution in [0.2, 0.25) is 0 Å². The molecular formula is C13H11N3O3. The van der Waals surface area contributed by atoms with Crippen LogP contribution in [-0.4, -0.2) is 25.8 Å². The fourth-order valence-electron chi connectivity index (χ4n) is 2.15. The van der Waals surface area contributed by atoms with Gasteiger partial charge in [-0.1, -0.05) is 11.2 Å². The van der Waals surface area contributed by atoms with E-state index in [2.05, 4.69) is 10.1 Å². The third kappa shape index (κ3) is 1.87. The molecule has 6 nitrogen and oxygen atoms in total. The minimum Gasteiger partial charge on any atom is -0.478 e. The Morgan fingerprint density at radius 1 is 1.42 bits per heavy atom. The third-order valence-corrected chi connectivity index (χ3v) is 3.00. The molecule has 6 heteroatoms. The predicted octanol–water partition coefficient (Wildman–Crippen LogP) is 2.08. The third-order valence-electron chi connectivity index (χ3n) is 3.00. The largest absolute Gasteiger partial charge is 0.478 e. The van der Waals surface area contributed by atoms with Crippen molar-refractivity contribution in [3.8, 4) is 0 Å². The van der Waals surface area contributed by atoms with Gasteiger partial charge in [-0.25, -0.2) is 9.78 Å². The number of aromatic carboxylic acids is 1. The summed E-state index contributed by atoms with van der Waals surface area (Å²) in [4.78, 5) is 15.7. The van der Waals surface area contributed by atoms with Crippen molar-refractivity contribution in [2.24, 2.45) is 0 Å². The van der Waals surface area contributed by atoms with E-state index in [9.17, 15) is 9.90 Å². The minimum atomic E-state index is -0.966. The first-order valence-electron chi connectivity index (χ1n) is 5.75. The molecule has 96 valence electrons. The number of hydrogen-bond acceptors (Lipinski definition) is 4. The van der Waals surface area contributed by atoms with Gasteiger partial charge in [-0.05, 0) is 19.1 Å². The predicted molar refractivity (Wildman–Crippen MR) is 67.0 cm³/mol. The molecule has 3 aromatic rings. The van der Waals surface area contributed by atoms with E-state index in [-0.39, 0.29) is 5.56 Å². The smallest absolute Gasteiger partial charge is 0.337 e. The Labute approximate surface area is 108 Å². The lowest BCUT2D eigenvalue weighted by atomic mass is 10.2. The van der Waals surface area contributed by atoms with Gasteiger partial charge in [0.1, 0.15) is 17.8 Å². The van der Waals surface area contributed by atoms with E-state index < -0.39 is 5.97 Å². The van der Waals surface area contributed by atoms with E-state index in [0.29, 0.717) is 17.6 Å². The molecule has 0 aliphatic carbocycles. The van der Waals surface area contributed by atoms with E-state index in [1.807, 2.05) is 11.5 Å². The molecule has 0 saturated heterocycles. The molecule has 0 aliphatic heterocycles. The SMILES string of the molecule is Cc1nc2cccc(C(=O)O)c2n1Cc1ccon1. The molecule has 0 atom stereocenters. The van der Waals surface area contributed by atoms with Crippen LogP contribution in [0.5, 0.6) is 0 Å². The number of carboxylic acid groups (broad SMARTS) is 1. The van der Waals surface area contributed by atoms with Gasteiger partial charge in [0.2, 0.25) is 0 Å². The molecule has 2 aromatic heterocycles. The summed E-state index contributed by atoms with van der Waals surface area (Å²) < 4.78 is 6.62. The Morgan fingerprint density at radius 2 is 2.26 bits per heavy atom. The summed E-state index contributed by atoms with van der Waals surface area (Å²) >= 11 is 0. The average Bonchev–Trinajstić information content (AvgIpc) is 2.98. The summed E-state index contributed by atoms with van der Waals surface area (Å²) in [6.07, 6.45) is 1.49. The van der Waals surface area contributed by atoms with Crippen molar-refractivity contribution in [2.75, 3.05) is 0 Å². The van der Waals surface area contributed by atoms with Crippen LogP contribution in [0.25, 0.3) is 11.0 Å². The van der Waals surface area contributed by atoms with Crippen molar-refractivity contribution >= 4 is 17.0 Å². The summed E-state index contributed by atoms with van der Waals surface area (Å²) in [5.41, 5.74) is 2.24. The first-order valence-corrected chi connectivity index (χ1v) is 5.75. The zero-order valence-electron chi connectivity index (χ0n) is 10.2. The summed E-state index contributed by atoms with van der Waals surface area (Å²) in [5, 5.41) is 13.1. The zero-order chi connectivity index (χ0) is 13.4. The molecule has 0 amide bonds. The number of carboxylic acids is 1. The number of rotatable bonds is 3. The lowest BCUT2D eigenvalue weighted by molar-refractivity contribution is 0.0698. The quantitative estimate of drug-likeness (QED) is 0.776. The highest BCUT2D eigenvalue weighted by atomic mass is 16.5. The van der Waals surface area contributed by atoms with Gasteiger partial charge in [0, 0.05) is 6.07 Å². The van der Waals surface area contributed by atoms with Crippen molar-refractivity contribution in [1.82, 2.24) is 14.7 Å². The van der Waals surface area contributed by atoms with Gasteiger partial charge >= 0.3 is 5.97 Å². The van der Waals surface area contributed by atoms with Crippen molar-refractivity contribution in [2.45, 2.75) is 13.5 Å². The zero-order valence-corrected chi connectivity index (χ0v) is 10.2. The molecule has 0 unspecified atom stereocenters. The number of carbonyl (C=O) groups is 1. The van der Waals surface area contributed by atoms with Gasteiger partial charge in [-0.3, -0.25) is 0 Å². The van der Waals surface area contributed by atoms with E-state index in [1.165, 1.54) is 6.26 Å². The standard InChI is InChI=1S/C13H11N3O3/c1-8-14-11-4-2-3-10(13(17)18)12(11)16(8)7-9-5-6-19-15-9/h2-6H,7H2,1H3,(H,17,18).